The molecule has 0 atom stereocenters. The van der Waals surface area contributed by atoms with E-state index >= 15 is 0 Å². The minimum Gasteiger partial charge on any atom is -0.496 e. The molecule has 1 aromatic carbocycles. The molecule has 8 heteroatoms. The molecule has 0 saturated carbocycles. The molecular weight excluding hydrogens is 344 g/mol. The van der Waals surface area contributed by atoms with Gasteiger partial charge in [0.15, 0.2) is 0 Å². The summed E-state index contributed by atoms with van der Waals surface area (Å²) in [4.78, 5) is 12.2. The molecule has 0 unspecified atom stereocenters. The van der Waals surface area contributed by atoms with Crippen molar-refractivity contribution >= 4 is 22.6 Å². The number of fused-ring (bicyclic) bond motifs is 3. The Balaban J connectivity index is 1.77. The molecule has 0 radical (unpaired) electrons. The van der Waals surface area contributed by atoms with Gasteiger partial charge >= 0.3 is 0 Å². The zero-order valence-corrected chi connectivity index (χ0v) is 15.2. The van der Waals surface area contributed by atoms with E-state index in [0.29, 0.717) is 6.67 Å². The summed E-state index contributed by atoms with van der Waals surface area (Å²) in [7, 11) is 1.67. The smallest absolute Gasteiger partial charge is 0.146 e. The van der Waals surface area contributed by atoms with Crippen molar-refractivity contribution in [1.29, 1.82) is 0 Å². The molecule has 0 amide bonds. The number of rotatable bonds is 2. The van der Waals surface area contributed by atoms with Gasteiger partial charge in [-0.25, -0.2) is 9.98 Å². The minimum atomic E-state index is 0.501. The molecule has 0 saturated heterocycles. The molecular formula is C19H18N6O2. The van der Waals surface area contributed by atoms with E-state index in [9.17, 15) is 0 Å². The maximum absolute atomic E-state index is 5.71. The monoisotopic (exact) mass is 362 g/mol. The zero-order valence-electron chi connectivity index (χ0n) is 15.2. The number of benzene rings is 1. The Morgan fingerprint density at radius 1 is 1.22 bits per heavy atom. The van der Waals surface area contributed by atoms with Gasteiger partial charge in [-0.05, 0) is 26.0 Å². The third kappa shape index (κ3) is 2.26. The normalized spacial score (nSPS) is 13.4. The summed E-state index contributed by atoms with van der Waals surface area (Å²) in [5, 5.41) is 8.41. The van der Waals surface area contributed by atoms with Gasteiger partial charge in [0.1, 0.15) is 36.2 Å². The average Bonchev–Trinajstić information content (AvgIpc) is 3.39. The molecule has 8 nitrogen and oxygen atoms in total. The highest BCUT2D eigenvalue weighted by Gasteiger charge is 2.24. The molecule has 136 valence electrons. The van der Waals surface area contributed by atoms with Crippen LogP contribution in [0.3, 0.4) is 0 Å². The number of aromatic amines is 1. The second-order valence-corrected chi connectivity index (χ2v) is 6.46. The van der Waals surface area contributed by atoms with Crippen molar-refractivity contribution in [2.75, 3.05) is 19.1 Å². The van der Waals surface area contributed by atoms with E-state index < -0.39 is 0 Å². The third-order valence-corrected chi connectivity index (χ3v) is 4.88. The largest absolute Gasteiger partial charge is 0.496 e. The highest BCUT2D eigenvalue weighted by Crippen LogP contribution is 2.40. The molecule has 4 heterocycles. The Bertz CT molecular complexity index is 1160. The lowest BCUT2D eigenvalue weighted by molar-refractivity contribution is 0.393. The molecule has 0 fully saturated rings. The number of hydrogen-bond acceptors (Lipinski definition) is 6. The van der Waals surface area contributed by atoms with Crippen molar-refractivity contribution in [1.82, 2.24) is 19.7 Å². The van der Waals surface area contributed by atoms with E-state index in [0.717, 1.165) is 56.5 Å². The molecule has 0 spiro atoms. The Morgan fingerprint density at radius 3 is 2.81 bits per heavy atom. The van der Waals surface area contributed by atoms with Crippen molar-refractivity contribution in [3.8, 4) is 16.9 Å². The van der Waals surface area contributed by atoms with Crippen molar-refractivity contribution in [2.45, 2.75) is 13.8 Å². The number of imidazole rings is 1. The molecule has 0 aliphatic carbocycles. The third-order valence-electron chi connectivity index (χ3n) is 4.88. The standard InChI is InChI=1S/C19H18N6O2/c1-10-16(11(2)27-24-10)13-6-14-12(7-15(13)26-3)17-18(23-14)21-8-22-19(17)25-5-4-20-9-25/h4-7,9,21,23H,8H2,1-3H3. The van der Waals surface area contributed by atoms with E-state index in [-0.39, 0.29) is 0 Å². The predicted molar refractivity (Wildman–Crippen MR) is 102 cm³/mol. The fraction of sp³-hybridized carbons (Fsp3) is 0.211. The Labute approximate surface area is 154 Å². The van der Waals surface area contributed by atoms with E-state index in [2.05, 4.69) is 31.5 Å². The molecule has 0 bridgehead atoms. The Hall–Kier alpha value is -3.55. The number of aryl methyl sites for hydroxylation is 2. The first-order valence-electron chi connectivity index (χ1n) is 8.61. The minimum absolute atomic E-state index is 0.501. The number of aromatic nitrogens is 4. The number of nitrogens with one attached hydrogen (secondary N) is 2. The number of ether oxygens (including phenoxy) is 1. The van der Waals surface area contributed by atoms with E-state index in [4.69, 9.17) is 9.26 Å². The summed E-state index contributed by atoms with van der Waals surface area (Å²) < 4.78 is 13.0. The van der Waals surface area contributed by atoms with Gasteiger partial charge in [-0.2, -0.15) is 0 Å². The van der Waals surface area contributed by atoms with E-state index in [1.807, 2.05) is 30.7 Å². The molecule has 3 aromatic heterocycles. The van der Waals surface area contributed by atoms with Crippen molar-refractivity contribution in [2.24, 2.45) is 4.99 Å². The number of anilines is 1. The molecule has 27 heavy (non-hydrogen) atoms. The van der Waals surface area contributed by atoms with Gasteiger partial charge < -0.3 is 19.6 Å². The topological polar surface area (TPSA) is 93.3 Å². The number of methoxy groups -OCH3 is 1. The number of nitrogens with zero attached hydrogens (tertiary/aromatic N) is 4. The zero-order chi connectivity index (χ0) is 18.5. The Morgan fingerprint density at radius 2 is 2.11 bits per heavy atom. The SMILES string of the molecule is COc1cc2c3c([nH]c2cc1-c1c(C)noc1C)NCN=C3n1ccnc1. The van der Waals surface area contributed by atoms with Crippen LogP contribution in [0.1, 0.15) is 17.0 Å². The van der Waals surface area contributed by atoms with Gasteiger partial charge in [-0.1, -0.05) is 5.16 Å². The summed E-state index contributed by atoms with van der Waals surface area (Å²) in [6, 6.07) is 4.11. The Kier molecular flexibility index (Phi) is 3.33. The average molecular weight is 362 g/mol. The van der Waals surface area contributed by atoms with Gasteiger partial charge in [0.2, 0.25) is 0 Å². The van der Waals surface area contributed by atoms with Crippen LogP contribution in [0.25, 0.3) is 22.0 Å². The summed E-state index contributed by atoms with van der Waals surface area (Å²) in [5.41, 5.74) is 4.72. The summed E-state index contributed by atoms with van der Waals surface area (Å²) in [6.07, 6.45) is 5.39. The fourth-order valence-electron chi connectivity index (χ4n) is 3.69. The second kappa shape index (κ2) is 5.73. The number of aliphatic imine (C=N–C) groups is 1. The van der Waals surface area contributed by atoms with Crippen LogP contribution in [0.4, 0.5) is 5.82 Å². The summed E-state index contributed by atoms with van der Waals surface area (Å²) in [6.45, 7) is 4.34. The number of H-pyrrole nitrogens is 1. The first-order valence-corrected chi connectivity index (χ1v) is 8.61. The van der Waals surface area contributed by atoms with Gasteiger partial charge in [-0.3, -0.25) is 4.57 Å². The molecule has 2 N–H and O–H groups in total. The molecule has 5 rings (SSSR count). The second-order valence-electron chi connectivity index (χ2n) is 6.46. The lowest BCUT2D eigenvalue weighted by Crippen LogP contribution is -2.20. The first kappa shape index (κ1) is 15.7. The maximum Gasteiger partial charge on any atom is 0.146 e. The van der Waals surface area contributed by atoms with Crippen molar-refractivity contribution in [3.05, 3.63) is 47.9 Å². The van der Waals surface area contributed by atoms with Crippen LogP contribution in [0.2, 0.25) is 0 Å². The van der Waals surface area contributed by atoms with Crippen LogP contribution in [-0.2, 0) is 0 Å². The van der Waals surface area contributed by atoms with Crippen LogP contribution >= 0.6 is 0 Å². The lowest BCUT2D eigenvalue weighted by Gasteiger charge is -2.16. The van der Waals surface area contributed by atoms with E-state index in [1.165, 1.54) is 0 Å². The fourth-order valence-corrected chi connectivity index (χ4v) is 3.69. The highest BCUT2D eigenvalue weighted by atomic mass is 16.5. The van der Waals surface area contributed by atoms with Crippen LogP contribution in [0.5, 0.6) is 5.75 Å². The van der Waals surface area contributed by atoms with Gasteiger partial charge in [-0.15, -0.1) is 0 Å². The van der Waals surface area contributed by atoms with Crippen LogP contribution in [-0.4, -0.2) is 39.3 Å². The van der Waals surface area contributed by atoms with Crippen LogP contribution in [0.15, 0.2) is 40.4 Å². The lowest BCUT2D eigenvalue weighted by atomic mass is 10.00. The predicted octanol–water partition coefficient (Wildman–Crippen LogP) is 3.32. The quantitative estimate of drug-likeness (QED) is 0.570. The summed E-state index contributed by atoms with van der Waals surface area (Å²) in [5.74, 6) is 3.30. The van der Waals surface area contributed by atoms with Gasteiger partial charge in [0.05, 0.1) is 23.9 Å². The molecule has 1 aliphatic heterocycles. The van der Waals surface area contributed by atoms with Crippen LogP contribution in [0, 0.1) is 13.8 Å². The first-order chi connectivity index (χ1) is 13.2. The van der Waals surface area contributed by atoms with Gasteiger partial charge in [0, 0.05) is 28.9 Å². The molecule has 4 aromatic rings. The number of hydrogen-bond donors (Lipinski definition) is 2. The molecule has 1 aliphatic rings. The van der Waals surface area contributed by atoms with Crippen molar-refractivity contribution in [3.63, 3.8) is 0 Å². The maximum atomic E-state index is 5.71. The van der Waals surface area contributed by atoms with E-state index in [1.54, 1.807) is 19.6 Å². The summed E-state index contributed by atoms with van der Waals surface area (Å²) >= 11 is 0. The van der Waals surface area contributed by atoms with Gasteiger partial charge in [0.25, 0.3) is 0 Å². The van der Waals surface area contributed by atoms with Crippen LogP contribution < -0.4 is 10.1 Å². The highest BCUT2D eigenvalue weighted by molar-refractivity contribution is 6.16. The van der Waals surface area contributed by atoms with Crippen molar-refractivity contribution < 1.29 is 9.26 Å².